The predicted molar refractivity (Wildman–Crippen MR) is 79.5 cm³/mol. The normalized spacial score (nSPS) is 11.9. The number of carbonyl (C=O) groups is 3. The summed E-state index contributed by atoms with van der Waals surface area (Å²) < 4.78 is 10.4. The fourth-order valence-electron chi connectivity index (χ4n) is 2.18. The molecule has 2 N–H and O–H groups in total. The molecule has 0 bridgehead atoms. The van der Waals surface area contributed by atoms with Gasteiger partial charge in [0.25, 0.3) is 5.91 Å². The number of hydrogen-bond acceptors (Lipinski definition) is 7. The van der Waals surface area contributed by atoms with Crippen LogP contribution < -0.4 is 14.8 Å². The van der Waals surface area contributed by atoms with E-state index in [0.29, 0.717) is 11.5 Å². The molecule has 0 aliphatic carbocycles. The highest BCUT2D eigenvalue weighted by Crippen LogP contribution is 2.37. The van der Waals surface area contributed by atoms with E-state index in [1.54, 1.807) is 0 Å². The first-order valence-corrected chi connectivity index (χ1v) is 6.77. The Balaban J connectivity index is 1.98. The minimum atomic E-state index is -1.38. The molecule has 0 atom stereocenters. The lowest BCUT2D eigenvalue weighted by atomic mass is 10.1. The Kier molecular flexibility index (Phi) is 3.82. The van der Waals surface area contributed by atoms with Crippen LogP contribution in [0.3, 0.4) is 0 Å². The standard InChI is InChI=1S/C15H11N3O6/c1-7(19)8-4-10-11(24-6-23-10)5-9(8)18-14(20)12-13(15(21)22)17-3-2-16-12/h2-5H,6H2,1H3,(H,18,20)(H,21,22). The molecule has 24 heavy (non-hydrogen) atoms. The summed E-state index contributed by atoms with van der Waals surface area (Å²) >= 11 is 0. The van der Waals surface area contributed by atoms with Crippen LogP contribution in [0, 0.1) is 0 Å². The molecule has 0 fully saturated rings. The number of aromatic carboxylic acids is 1. The van der Waals surface area contributed by atoms with Crippen LogP contribution in [0.15, 0.2) is 24.5 Å². The number of hydrogen-bond donors (Lipinski definition) is 2. The van der Waals surface area contributed by atoms with Crippen molar-refractivity contribution in [2.75, 3.05) is 12.1 Å². The highest BCUT2D eigenvalue weighted by Gasteiger charge is 2.23. The zero-order valence-electron chi connectivity index (χ0n) is 12.4. The van der Waals surface area contributed by atoms with Crippen LogP contribution in [0.5, 0.6) is 11.5 Å². The van der Waals surface area contributed by atoms with Gasteiger partial charge in [-0.1, -0.05) is 0 Å². The molecule has 122 valence electrons. The number of ether oxygens (including phenoxy) is 2. The number of nitrogens with zero attached hydrogens (tertiary/aromatic N) is 2. The van der Waals surface area contributed by atoms with Gasteiger partial charge in [0.1, 0.15) is 0 Å². The Hall–Kier alpha value is -3.49. The molecule has 0 saturated heterocycles. The van der Waals surface area contributed by atoms with Gasteiger partial charge in [-0.05, 0) is 13.0 Å². The number of benzene rings is 1. The van der Waals surface area contributed by atoms with Gasteiger partial charge < -0.3 is 19.9 Å². The summed E-state index contributed by atoms with van der Waals surface area (Å²) in [6.45, 7) is 1.34. The van der Waals surface area contributed by atoms with E-state index in [1.165, 1.54) is 31.5 Å². The number of carboxylic acids is 1. The van der Waals surface area contributed by atoms with Crippen molar-refractivity contribution in [3.8, 4) is 11.5 Å². The van der Waals surface area contributed by atoms with E-state index in [2.05, 4.69) is 15.3 Å². The Labute approximate surface area is 135 Å². The Morgan fingerprint density at radius 3 is 2.33 bits per heavy atom. The van der Waals surface area contributed by atoms with Crippen LogP contribution in [0.4, 0.5) is 5.69 Å². The van der Waals surface area contributed by atoms with Crippen molar-refractivity contribution >= 4 is 23.3 Å². The summed E-state index contributed by atoms with van der Waals surface area (Å²) in [4.78, 5) is 42.6. The fourth-order valence-corrected chi connectivity index (χ4v) is 2.18. The van der Waals surface area contributed by atoms with Crippen LogP contribution >= 0.6 is 0 Å². The predicted octanol–water partition coefficient (Wildman–Crippen LogP) is 1.36. The van der Waals surface area contributed by atoms with Crippen LogP contribution in [0.25, 0.3) is 0 Å². The number of carbonyl (C=O) groups excluding carboxylic acids is 2. The zero-order valence-corrected chi connectivity index (χ0v) is 12.4. The van der Waals surface area contributed by atoms with Gasteiger partial charge in [0.2, 0.25) is 6.79 Å². The van der Waals surface area contributed by atoms with Gasteiger partial charge >= 0.3 is 5.97 Å². The van der Waals surface area contributed by atoms with E-state index in [4.69, 9.17) is 14.6 Å². The Morgan fingerprint density at radius 1 is 1.08 bits per heavy atom. The Bertz CT molecular complexity index is 864. The molecule has 1 amide bonds. The average molecular weight is 329 g/mol. The minimum absolute atomic E-state index is 0.0113. The molecular weight excluding hydrogens is 318 g/mol. The van der Waals surface area contributed by atoms with Crippen LogP contribution in [-0.2, 0) is 0 Å². The summed E-state index contributed by atoms with van der Waals surface area (Å²) in [5, 5.41) is 11.5. The number of Topliss-reactive ketones (excluding diaryl/α,β-unsaturated/α-hetero) is 1. The second-order valence-electron chi connectivity index (χ2n) is 4.82. The largest absolute Gasteiger partial charge is 0.476 e. The SMILES string of the molecule is CC(=O)c1cc2c(cc1NC(=O)c1nccnc1C(=O)O)OCO2. The van der Waals surface area contributed by atoms with E-state index in [1.807, 2.05) is 0 Å². The molecule has 3 rings (SSSR count). The number of aromatic nitrogens is 2. The minimum Gasteiger partial charge on any atom is -0.476 e. The third-order valence-electron chi connectivity index (χ3n) is 3.26. The number of amides is 1. The van der Waals surface area contributed by atoms with Crippen molar-refractivity contribution in [3.63, 3.8) is 0 Å². The number of anilines is 1. The first kappa shape index (κ1) is 15.4. The van der Waals surface area contributed by atoms with Crippen molar-refractivity contribution in [2.24, 2.45) is 0 Å². The van der Waals surface area contributed by atoms with Gasteiger partial charge in [-0.3, -0.25) is 9.59 Å². The molecule has 0 saturated carbocycles. The van der Waals surface area contributed by atoms with Crippen molar-refractivity contribution in [3.05, 3.63) is 41.5 Å². The molecular formula is C15H11N3O6. The van der Waals surface area contributed by atoms with E-state index in [0.717, 1.165) is 0 Å². The summed E-state index contributed by atoms with van der Waals surface area (Å²) in [7, 11) is 0. The van der Waals surface area contributed by atoms with E-state index >= 15 is 0 Å². The van der Waals surface area contributed by atoms with E-state index in [9.17, 15) is 14.4 Å². The highest BCUT2D eigenvalue weighted by molar-refractivity contribution is 6.11. The topological polar surface area (TPSA) is 128 Å². The van der Waals surface area contributed by atoms with Gasteiger partial charge in [-0.2, -0.15) is 0 Å². The van der Waals surface area contributed by atoms with E-state index in [-0.39, 0.29) is 29.5 Å². The molecule has 2 heterocycles. The zero-order chi connectivity index (χ0) is 17.3. The number of ketones is 1. The second kappa shape index (κ2) is 5.95. The van der Waals surface area contributed by atoms with Gasteiger partial charge in [0.05, 0.1) is 5.69 Å². The van der Waals surface area contributed by atoms with Crippen LogP contribution in [-0.4, -0.2) is 39.5 Å². The molecule has 2 aromatic rings. The third kappa shape index (κ3) is 2.74. The molecule has 0 radical (unpaired) electrons. The summed E-state index contributed by atoms with van der Waals surface area (Å²) in [5.74, 6) is -1.73. The third-order valence-corrected chi connectivity index (χ3v) is 3.26. The van der Waals surface area contributed by atoms with Crippen LogP contribution in [0.2, 0.25) is 0 Å². The quantitative estimate of drug-likeness (QED) is 0.805. The maximum absolute atomic E-state index is 12.4. The lowest BCUT2D eigenvalue weighted by Gasteiger charge is -2.11. The van der Waals surface area contributed by atoms with Crippen molar-refractivity contribution in [2.45, 2.75) is 6.92 Å². The molecule has 9 nitrogen and oxygen atoms in total. The van der Waals surface area contributed by atoms with Crippen molar-refractivity contribution in [1.82, 2.24) is 9.97 Å². The fraction of sp³-hybridized carbons (Fsp3) is 0.133. The van der Waals surface area contributed by atoms with Crippen LogP contribution in [0.1, 0.15) is 38.3 Å². The van der Waals surface area contributed by atoms with Gasteiger partial charge in [-0.25, -0.2) is 14.8 Å². The van der Waals surface area contributed by atoms with Gasteiger partial charge in [-0.15, -0.1) is 0 Å². The summed E-state index contributed by atoms with van der Waals surface area (Å²) in [6, 6.07) is 2.89. The molecule has 0 spiro atoms. The number of fused-ring (bicyclic) bond motifs is 1. The van der Waals surface area contributed by atoms with Crippen molar-refractivity contribution in [1.29, 1.82) is 0 Å². The number of rotatable bonds is 4. The first-order valence-electron chi connectivity index (χ1n) is 6.77. The summed E-state index contributed by atoms with van der Waals surface area (Å²) in [5.41, 5.74) is -0.482. The average Bonchev–Trinajstić information content (AvgIpc) is 3.01. The van der Waals surface area contributed by atoms with Gasteiger partial charge in [0.15, 0.2) is 28.7 Å². The van der Waals surface area contributed by atoms with Crippen molar-refractivity contribution < 1.29 is 29.0 Å². The first-order chi connectivity index (χ1) is 11.5. The molecule has 1 aliphatic heterocycles. The lowest BCUT2D eigenvalue weighted by Crippen LogP contribution is -2.20. The number of carboxylic acid groups (broad SMARTS) is 1. The monoisotopic (exact) mass is 329 g/mol. The molecule has 0 unspecified atom stereocenters. The highest BCUT2D eigenvalue weighted by atomic mass is 16.7. The number of nitrogens with one attached hydrogen (secondary N) is 1. The molecule has 9 heteroatoms. The Morgan fingerprint density at radius 2 is 1.71 bits per heavy atom. The smallest absolute Gasteiger partial charge is 0.356 e. The lowest BCUT2D eigenvalue weighted by molar-refractivity contribution is 0.0684. The molecule has 1 aromatic heterocycles. The summed E-state index contributed by atoms with van der Waals surface area (Å²) in [6.07, 6.45) is 2.37. The molecule has 1 aromatic carbocycles. The molecule has 1 aliphatic rings. The second-order valence-corrected chi connectivity index (χ2v) is 4.82. The maximum Gasteiger partial charge on any atom is 0.356 e. The van der Waals surface area contributed by atoms with E-state index < -0.39 is 17.6 Å². The maximum atomic E-state index is 12.4. The van der Waals surface area contributed by atoms with Gasteiger partial charge in [0, 0.05) is 24.0 Å².